The van der Waals surface area contributed by atoms with Crippen LogP contribution in [-0.4, -0.2) is 44.0 Å². The van der Waals surface area contributed by atoms with E-state index in [0.29, 0.717) is 4.90 Å². The molecule has 27 heavy (non-hydrogen) atoms. The summed E-state index contributed by atoms with van der Waals surface area (Å²) in [7, 11) is 1.75. The largest absolute Gasteiger partial charge is 0.335 e. The fourth-order valence-corrected chi connectivity index (χ4v) is 3.45. The second kappa shape index (κ2) is 10.1. The highest BCUT2D eigenvalue weighted by molar-refractivity contribution is 5.95. The number of para-hydroxylation sites is 1. The third-order valence-corrected chi connectivity index (χ3v) is 4.86. The molecule has 4 amide bonds. The number of aryl methyl sites for hydroxylation is 2. The maximum atomic E-state index is 12.3. The summed E-state index contributed by atoms with van der Waals surface area (Å²) in [6.07, 6.45) is 5.36. The minimum atomic E-state index is -0.445. The number of imide groups is 1. The number of amides is 4. The van der Waals surface area contributed by atoms with Gasteiger partial charge in [0.1, 0.15) is 0 Å². The van der Waals surface area contributed by atoms with Crippen molar-refractivity contribution in [3.05, 3.63) is 29.3 Å². The number of hydrogen-bond donors (Lipinski definition) is 4. The smallest absolute Gasteiger partial charge is 0.321 e. The average molecular weight is 375 g/mol. The van der Waals surface area contributed by atoms with Crippen molar-refractivity contribution >= 4 is 23.5 Å². The lowest BCUT2D eigenvalue weighted by Gasteiger charge is -2.22. The first kappa shape index (κ1) is 20.9. The van der Waals surface area contributed by atoms with Crippen molar-refractivity contribution in [1.82, 2.24) is 10.6 Å². The first-order valence-electron chi connectivity index (χ1n) is 9.63. The first-order chi connectivity index (χ1) is 12.8. The Kier molecular flexibility index (Phi) is 7.79. The van der Waals surface area contributed by atoms with Gasteiger partial charge < -0.3 is 15.5 Å². The summed E-state index contributed by atoms with van der Waals surface area (Å²) in [4.78, 5) is 36.9. The zero-order chi connectivity index (χ0) is 19.8. The Labute approximate surface area is 160 Å². The van der Waals surface area contributed by atoms with Gasteiger partial charge in [-0.2, -0.15) is 0 Å². The molecule has 1 atom stereocenters. The number of rotatable bonds is 6. The fraction of sp³-hybridized carbons (Fsp3) is 0.550. The van der Waals surface area contributed by atoms with Crippen LogP contribution < -0.4 is 20.9 Å². The van der Waals surface area contributed by atoms with Crippen molar-refractivity contribution in [2.75, 3.05) is 25.5 Å². The molecule has 4 N–H and O–H groups in total. The van der Waals surface area contributed by atoms with Gasteiger partial charge in [0, 0.05) is 11.7 Å². The minimum absolute atomic E-state index is 0.0538. The number of carbonyl (C=O) groups is 3. The van der Waals surface area contributed by atoms with Crippen LogP contribution in [0.1, 0.15) is 43.2 Å². The fourth-order valence-electron chi connectivity index (χ4n) is 3.45. The van der Waals surface area contributed by atoms with Crippen molar-refractivity contribution in [2.24, 2.45) is 0 Å². The van der Waals surface area contributed by atoms with E-state index in [1.165, 1.54) is 6.42 Å². The van der Waals surface area contributed by atoms with Crippen LogP contribution in [0.25, 0.3) is 0 Å². The van der Waals surface area contributed by atoms with Gasteiger partial charge in [0.05, 0.1) is 7.05 Å². The molecule has 2 rings (SSSR count). The van der Waals surface area contributed by atoms with Crippen LogP contribution in [0.3, 0.4) is 0 Å². The van der Waals surface area contributed by atoms with Gasteiger partial charge in [-0.15, -0.1) is 0 Å². The molecule has 1 unspecified atom stereocenters. The Morgan fingerprint density at radius 3 is 2.22 bits per heavy atom. The predicted octanol–water partition coefficient (Wildman–Crippen LogP) is 0.915. The van der Waals surface area contributed by atoms with E-state index in [0.717, 1.165) is 42.5 Å². The molecule has 1 saturated carbocycles. The summed E-state index contributed by atoms with van der Waals surface area (Å²) in [5.74, 6) is -0.551. The molecule has 7 heteroatoms. The van der Waals surface area contributed by atoms with Gasteiger partial charge in [0.25, 0.3) is 11.8 Å². The van der Waals surface area contributed by atoms with Crippen molar-refractivity contribution in [2.45, 2.75) is 52.0 Å². The van der Waals surface area contributed by atoms with E-state index in [2.05, 4.69) is 16.0 Å². The van der Waals surface area contributed by atoms with Crippen LogP contribution in [0.4, 0.5) is 10.5 Å². The van der Waals surface area contributed by atoms with E-state index in [4.69, 9.17) is 0 Å². The molecular formula is C20H31N4O3+. The van der Waals surface area contributed by atoms with Crippen LogP contribution >= 0.6 is 0 Å². The quantitative estimate of drug-likeness (QED) is 0.596. The molecule has 7 nitrogen and oxygen atoms in total. The summed E-state index contributed by atoms with van der Waals surface area (Å²) < 4.78 is 0. The van der Waals surface area contributed by atoms with Gasteiger partial charge in [-0.05, 0) is 37.8 Å². The van der Waals surface area contributed by atoms with Crippen molar-refractivity contribution in [3.8, 4) is 0 Å². The number of carbonyl (C=O) groups excluding carboxylic acids is 3. The molecule has 148 valence electrons. The molecule has 0 heterocycles. The summed E-state index contributed by atoms with van der Waals surface area (Å²) >= 11 is 0. The lowest BCUT2D eigenvalue weighted by molar-refractivity contribution is -0.862. The van der Waals surface area contributed by atoms with Crippen molar-refractivity contribution in [3.63, 3.8) is 0 Å². The maximum Gasteiger partial charge on any atom is 0.321 e. The molecule has 0 radical (unpaired) electrons. The molecule has 0 aliphatic heterocycles. The monoisotopic (exact) mass is 375 g/mol. The number of hydrogen-bond acceptors (Lipinski definition) is 3. The van der Waals surface area contributed by atoms with Crippen molar-refractivity contribution < 1.29 is 19.3 Å². The number of nitrogens with one attached hydrogen (secondary N) is 4. The zero-order valence-corrected chi connectivity index (χ0v) is 16.5. The molecule has 0 spiro atoms. The Morgan fingerprint density at radius 1 is 1.00 bits per heavy atom. The molecule has 0 bridgehead atoms. The van der Waals surface area contributed by atoms with Crippen molar-refractivity contribution in [1.29, 1.82) is 0 Å². The molecule has 1 fully saturated rings. The second-order valence-electron chi connectivity index (χ2n) is 7.48. The van der Waals surface area contributed by atoms with Gasteiger partial charge in [-0.3, -0.25) is 14.9 Å². The SMILES string of the molecule is Cc1cccc(C)c1NC(=O)C[NH+](C)CC(=O)NC(=O)NC1CCCCC1. The van der Waals surface area contributed by atoms with Crippen LogP contribution in [0, 0.1) is 13.8 Å². The lowest BCUT2D eigenvalue weighted by atomic mass is 9.96. The van der Waals surface area contributed by atoms with Crippen LogP contribution in [0.2, 0.25) is 0 Å². The summed E-state index contributed by atoms with van der Waals surface area (Å²) in [5.41, 5.74) is 2.81. The molecule has 1 aliphatic carbocycles. The Hall–Kier alpha value is -2.41. The van der Waals surface area contributed by atoms with Crippen LogP contribution in [-0.2, 0) is 9.59 Å². The second-order valence-corrected chi connectivity index (χ2v) is 7.48. The summed E-state index contributed by atoms with van der Waals surface area (Å²) in [6.45, 7) is 4.08. The van der Waals surface area contributed by atoms with E-state index >= 15 is 0 Å². The molecular weight excluding hydrogens is 344 g/mol. The third kappa shape index (κ3) is 7.02. The Balaban J connectivity index is 1.73. The van der Waals surface area contributed by atoms with Crippen LogP contribution in [0.15, 0.2) is 18.2 Å². The van der Waals surface area contributed by atoms with Gasteiger partial charge in [-0.1, -0.05) is 37.5 Å². The predicted molar refractivity (Wildman–Crippen MR) is 105 cm³/mol. The van der Waals surface area contributed by atoms with E-state index in [1.807, 2.05) is 32.0 Å². The van der Waals surface area contributed by atoms with E-state index < -0.39 is 6.03 Å². The molecule has 0 aromatic heterocycles. The summed E-state index contributed by atoms with van der Waals surface area (Å²) in [5, 5.41) is 8.11. The van der Waals surface area contributed by atoms with Gasteiger partial charge in [0.15, 0.2) is 13.1 Å². The highest BCUT2D eigenvalue weighted by Crippen LogP contribution is 2.19. The number of likely N-dealkylation sites (N-methyl/N-ethyl adjacent to an activating group) is 1. The number of benzene rings is 1. The normalized spacial score (nSPS) is 15.7. The average Bonchev–Trinajstić information content (AvgIpc) is 2.58. The van der Waals surface area contributed by atoms with E-state index in [1.54, 1.807) is 7.05 Å². The first-order valence-corrected chi connectivity index (χ1v) is 9.63. The van der Waals surface area contributed by atoms with Gasteiger partial charge in [-0.25, -0.2) is 4.79 Å². The standard InChI is InChI=1S/C20H30N4O3/c1-14-8-7-9-15(2)19(14)22-17(25)12-24(3)13-18(26)23-20(27)21-16-10-5-4-6-11-16/h7-9,16H,4-6,10-13H2,1-3H3,(H,22,25)(H2,21,23,26,27)/p+1. The number of quaternary nitrogens is 1. The minimum Gasteiger partial charge on any atom is -0.335 e. The summed E-state index contributed by atoms with van der Waals surface area (Å²) in [6, 6.07) is 5.54. The maximum absolute atomic E-state index is 12.3. The molecule has 1 aromatic rings. The van der Waals surface area contributed by atoms with Crippen LogP contribution in [0.5, 0.6) is 0 Å². The van der Waals surface area contributed by atoms with Gasteiger partial charge >= 0.3 is 6.03 Å². The lowest BCUT2D eigenvalue weighted by Crippen LogP contribution is -3.11. The van der Waals surface area contributed by atoms with E-state index in [-0.39, 0.29) is 30.9 Å². The topological polar surface area (TPSA) is 91.7 Å². The highest BCUT2D eigenvalue weighted by Gasteiger charge is 2.19. The Bertz CT molecular complexity index is 664. The van der Waals surface area contributed by atoms with E-state index in [9.17, 15) is 14.4 Å². The zero-order valence-electron chi connectivity index (χ0n) is 16.5. The number of urea groups is 1. The molecule has 1 aromatic carbocycles. The third-order valence-electron chi connectivity index (χ3n) is 4.86. The highest BCUT2D eigenvalue weighted by atomic mass is 16.2. The molecule has 1 aliphatic rings. The van der Waals surface area contributed by atoms with Gasteiger partial charge in [0.2, 0.25) is 0 Å². The molecule has 0 saturated heterocycles. The number of anilines is 1. The Morgan fingerprint density at radius 2 is 1.59 bits per heavy atom.